The van der Waals surface area contributed by atoms with Crippen molar-refractivity contribution >= 4 is 18.0 Å². The summed E-state index contributed by atoms with van der Waals surface area (Å²) in [6.45, 7) is 0.418. The average molecular weight is 371 g/mol. The SMILES string of the molecule is COc1cc2c(cc1OC)C(CC(=O)O)N(C(=O)/C=C/c1ccco1)CC2. The van der Waals surface area contributed by atoms with Crippen LogP contribution < -0.4 is 9.47 Å². The topological polar surface area (TPSA) is 89.2 Å². The van der Waals surface area contributed by atoms with Gasteiger partial charge < -0.3 is 23.9 Å². The van der Waals surface area contributed by atoms with Crippen LogP contribution in [-0.2, 0) is 16.0 Å². The van der Waals surface area contributed by atoms with E-state index >= 15 is 0 Å². The Balaban J connectivity index is 1.94. The summed E-state index contributed by atoms with van der Waals surface area (Å²) in [7, 11) is 3.07. The van der Waals surface area contributed by atoms with E-state index in [1.54, 1.807) is 36.3 Å². The molecule has 3 rings (SSSR count). The lowest BCUT2D eigenvalue weighted by molar-refractivity contribution is -0.140. The van der Waals surface area contributed by atoms with E-state index in [2.05, 4.69) is 0 Å². The summed E-state index contributed by atoms with van der Waals surface area (Å²) < 4.78 is 15.9. The Morgan fingerprint density at radius 3 is 2.67 bits per heavy atom. The maximum absolute atomic E-state index is 12.7. The van der Waals surface area contributed by atoms with Gasteiger partial charge in [-0.05, 0) is 47.9 Å². The fourth-order valence-corrected chi connectivity index (χ4v) is 3.31. The molecule has 1 unspecified atom stereocenters. The van der Waals surface area contributed by atoms with E-state index in [1.165, 1.54) is 19.4 Å². The molecule has 0 fully saturated rings. The normalized spacial score (nSPS) is 16.2. The minimum Gasteiger partial charge on any atom is -0.493 e. The van der Waals surface area contributed by atoms with E-state index in [0.717, 1.165) is 11.1 Å². The summed E-state index contributed by atoms with van der Waals surface area (Å²) in [5, 5.41) is 9.37. The molecule has 2 heterocycles. The second-order valence-electron chi connectivity index (χ2n) is 6.15. The molecule has 1 aliphatic heterocycles. The molecule has 1 aromatic carbocycles. The van der Waals surface area contributed by atoms with E-state index in [0.29, 0.717) is 30.2 Å². The predicted molar refractivity (Wildman–Crippen MR) is 97.7 cm³/mol. The summed E-state index contributed by atoms with van der Waals surface area (Å²) in [6, 6.07) is 6.50. The van der Waals surface area contributed by atoms with Crippen LogP contribution in [0.4, 0.5) is 0 Å². The molecule has 7 nitrogen and oxygen atoms in total. The Morgan fingerprint density at radius 2 is 2.04 bits per heavy atom. The van der Waals surface area contributed by atoms with Crippen LogP contribution in [0, 0.1) is 0 Å². The summed E-state index contributed by atoms with van der Waals surface area (Å²) in [6.07, 6.45) is 4.91. The number of amides is 1. The van der Waals surface area contributed by atoms with Crippen molar-refractivity contribution in [1.29, 1.82) is 0 Å². The molecule has 0 radical (unpaired) electrons. The first-order valence-electron chi connectivity index (χ1n) is 8.52. The van der Waals surface area contributed by atoms with E-state index in [4.69, 9.17) is 13.9 Å². The van der Waals surface area contributed by atoms with Gasteiger partial charge in [-0.15, -0.1) is 0 Å². The van der Waals surface area contributed by atoms with Crippen LogP contribution in [0.2, 0.25) is 0 Å². The molecule has 0 spiro atoms. The number of furan rings is 1. The lowest BCUT2D eigenvalue weighted by atomic mass is 9.90. The first-order valence-corrected chi connectivity index (χ1v) is 8.52. The summed E-state index contributed by atoms with van der Waals surface area (Å²) in [5.74, 6) is 0.408. The van der Waals surface area contributed by atoms with Crippen molar-refractivity contribution in [1.82, 2.24) is 4.90 Å². The van der Waals surface area contributed by atoms with Gasteiger partial charge in [-0.1, -0.05) is 0 Å². The Labute approximate surface area is 156 Å². The maximum Gasteiger partial charge on any atom is 0.305 e. The molecule has 0 saturated carbocycles. The number of aliphatic carboxylic acids is 1. The van der Waals surface area contributed by atoms with Crippen LogP contribution >= 0.6 is 0 Å². The Hall–Kier alpha value is -3.22. The van der Waals surface area contributed by atoms with Gasteiger partial charge >= 0.3 is 5.97 Å². The van der Waals surface area contributed by atoms with Crippen LogP contribution in [0.1, 0.15) is 29.3 Å². The molecule has 0 saturated heterocycles. The molecule has 0 bridgehead atoms. The van der Waals surface area contributed by atoms with Crippen molar-refractivity contribution in [3.8, 4) is 11.5 Å². The van der Waals surface area contributed by atoms with Gasteiger partial charge in [0.25, 0.3) is 0 Å². The maximum atomic E-state index is 12.7. The molecule has 1 aliphatic rings. The highest BCUT2D eigenvalue weighted by atomic mass is 16.5. The largest absolute Gasteiger partial charge is 0.493 e. The number of benzene rings is 1. The van der Waals surface area contributed by atoms with Crippen LogP contribution in [0.5, 0.6) is 11.5 Å². The fraction of sp³-hybridized carbons (Fsp3) is 0.300. The molecule has 1 aromatic heterocycles. The quantitative estimate of drug-likeness (QED) is 0.786. The van der Waals surface area contributed by atoms with E-state index in [9.17, 15) is 14.7 Å². The lowest BCUT2D eigenvalue weighted by Crippen LogP contribution is -2.40. The van der Waals surface area contributed by atoms with E-state index in [-0.39, 0.29) is 12.3 Å². The highest BCUT2D eigenvalue weighted by molar-refractivity contribution is 5.92. The van der Waals surface area contributed by atoms with Gasteiger partial charge in [0, 0.05) is 12.6 Å². The summed E-state index contributed by atoms with van der Waals surface area (Å²) in [5.41, 5.74) is 1.72. The van der Waals surface area contributed by atoms with Crippen molar-refractivity contribution in [3.63, 3.8) is 0 Å². The number of carbonyl (C=O) groups excluding carboxylic acids is 1. The van der Waals surface area contributed by atoms with Crippen molar-refractivity contribution in [2.45, 2.75) is 18.9 Å². The third-order valence-corrected chi connectivity index (χ3v) is 4.59. The highest BCUT2D eigenvalue weighted by Gasteiger charge is 2.32. The Kier molecular flexibility index (Phi) is 5.49. The molecule has 1 amide bonds. The van der Waals surface area contributed by atoms with Gasteiger partial charge in [-0.25, -0.2) is 0 Å². The van der Waals surface area contributed by atoms with Gasteiger partial charge in [-0.2, -0.15) is 0 Å². The molecule has 1 atom stereocenters. The van der Waals surface area contributed by atoms with Crippen molar-refractivity contribution < 1.29 is 28.6 Å². The monoisotopic (exact) mass is 371 g/mol. The molecular formula is C20H21NO6. The number of nitrogens with zero attached hydrogens (tertiary/aromatic N) is 1. The van der Waals surface area contributed by atoms with Crippen molar-refractivity contribution in [3.05, 3.63) is 53.5 Å². The Morgan fingerprint density at radius 1 is 1.30 bits per heavy atom. The zero-order chi connectivity index (χ0) is 19.4. The average Bonchev–Trinajstić information content (AvgIpc) is 3.18. The van der Waals surface area contributed by atoms with Crippen LogP contribution in [0.3, 0.4) is 0 Å². The predicted octanol–water partition coefficient (Wildman–Crippen LogP) is 2.91. The molecule has 142 valence electrons. The summed E-state index contributed by atoms with van der Waals surface area (Å²) >= 11 is 0. The van der Waals surface area contributed by atoms with E-state index in [1.807, 2.05) is 6.07 Å². The number of carboxylic acids is 1. The summed E-state index contributed by atoms with van der Waals surface area (Å²) in [4.78, 5) is 25.7. The lowest BCUT2D eigenvalue weighted by Gasteiger charge is -2.36. The molecule has 7 heteroatoms. The van der Waals surface area contributed by atoms with Gasteiger partial charge in [0.1, 0.15) is 5.76 Å². The minimum absolute atomic E-state index is 0.192. The van der Waals surface area contributed by atoms with Crippen LogP contribution in [0.25, 0.3) is 6.08 Å². The van der Waals surface area contributed by atoms with Gasteiger partial charge in [0.2, 0.25) is 5.91 Å². The number of carboxylic acid groups (broad SMARTS) is 1. The fourth-order valence-electron chi connectivity index (χ4n) is 3.31. The van der Waals surface area contributed by atoms with Crippen molar-refractivity contribution in [2.24, 2.45) is 0 Å². The molecule has 27 heavy (non-hydrogen) atoms. The number of methoxy groups -OCH3 is 2. The number of rotatable bonds is 6. The third kappa shape index (κ3) is 3.97. The zero-order valence-electron chi connectivity index (χ0n) is 15.2. The second kappa shape index (κ2) is 7.99. The number of ether oxygens (including phenoxy) is 2. The first kappa shape index (κ1) is 18.6. The third-order valence-electron chi connectivity index (χ3n) is 4.59. The number of fused-ring (bicyclic) bond motifs is 1. The minimum atomic E-state index is -0.976. The molecule has 1 N–H and O–H groups in total. The second-order valence-corrected chi connectivity index (χ2v) is 6.15. The van der Waals surface area contributed by atoms with Gasteiger partial charge in [0.05, 0.1) is 32.9 Å². The standard InChI is InChI=1S/C20H21NO6/c1-25-17-10-13-7-8-21(19(22)6-5-14-4-3-9-27-14)16(12-20(23)24)15(13)11-18(17)26-2/h3-6,9-11,16H,7-8,12H2,1-2H3,(H,23,24)/b6-5+. The number of hydrogen-bond donors (Lipinski definition) is 1. The van der Waals surface area contributed by atoms with Crippen LogP contribution in [0.15, 0.2) is 41.0 Å². The number of hydrogen-bond acceptors (Lipinski definition) is 5. The molecule has 0 aliphatic carbocycles. The van der Waals surface area contributed by atoms with Crippen molar-refractivity contribution in [2.75, 3.05) is 20.8 Å². The first-order chi connectivity index (χ1) is 13.0. The highest BCUT2D eigenvalue weighted by Crippen LogP contribution is 2.39. The smallest absolute Gasteiger partial charge is 0.305 e. The van der Waals surface area contributed by atoms with Gasteiger partial charge in [0.15, 0.2) is 11.5 Å². The zero-order valence-corrected chi connectivity index (χ0v) is 15.2. The molecular weight excluding hydrogens is 350 g/mol. The molecule has 2 aromatic rings. The number of carbonyl (C=O) groups is 2. The van der Waals surface area contributed by atoms with E-state index < -0.39 is 12.0 Å². The Bertz CT molecular complexity index is 856. The van der Waals surface area contributed by atoms with Gasteiger partial charge in [-0.3, -0.25) is 9.59 Å². The van der Waals surface area contributed by atoms with Crippen LogP contribution in [-0.4, -0.2) is 42.6 Å².